The molecule has 0 spiro atoms. The number of hydrogen-bond acceptors (Lipinski definition) is 4. The Hall–Kier alpha value is -4.02. The van der Waals surface area contributed by atoms with E-state index in [0.29, 0.717) is 5.30 Å². The van der Waals surface area contributed by atoms with Crippen LogP contribution in [0, 0.1) is 5.82 Å². The highest BCUT2D eigenvalue weighted by atomic mass is 31.1. The van der Waals surface area contributed by atoms with Gasteiger partial charge in [0, 0.05) is 5.30 Å². The van der Waals surface area contributed by atoms with Gasteiger partial charge in [0.15, 0.2) is 0 Å². The van der Waals surface area contributed by atoms with Gasteiger partial charge in [0.05, 0.1) is 0 Å². The number of rotatable bonds is 8. The van der Waals surface area contributed by atoms with Gasteiger partial charge in [0.2, 0.25) is 0 Å². The fourth-order valence-corrected chi connectivity index (χ4v) is 5.80. The topological polar surface area (TPSA) is 64.6 Å². The molecule has 0 aromatic heterocycles. The number of carbonyl (C=O) groups excluding carboxylic acids is 2. The summed E-state index contributed by atoms with van der Waals surface area (Å²) in [4.78, 5) is 24.5. The van der Waals surface area contributed by atoms with Crippen LogP contribution in [0.5, 0.6) is 5.75 Å². The fraction of sp³-hybridized carbons (Fsp3) is 0.0714. The summed E-state index contributed by atoms with van der Waals surface area (Å²) in [6.07, 6.45) is -0.735. The van der Waals surface area contributed by atoms with Crippen molar-refractivity contribution in [3.05, 3.63) is 121 Å². The van der Waals surface area contributed by atoms with E-state index >= 15 is 0 Å². The first-order valence-electron chi connectivity index (χ1n) is 10.9. The van der Waals surface area contributed by atoms with Crippen molar-refractivity contribution in [1.82, 2.24) is 5.32 Å². The minimum absolute atomic E-state index is 0.0856. The van der Waals surface area contributed by atoms with Gasteiger partial charge >= 0.3 is 12.1 Å². The first kappa shape index (κ1) is 24.1. The molecule has 5 nitrogen and oxygen atoms in total. The number of nitrogens with one attached hydrogen (secondary N) is 1. The van der Waals surface area contributed by atoms with Gasteiger partial charge in [0.25, 0.3) is 0 Å². The van der Waals surface area contributed by atoms with Crippen LogP contribution in [0.2, 0.25) is 0 Å². The van der Waals surface area contributed by atoms with Crippen molar-refractivity contribution in [3.63, 3.8) is 0 Å². The van der Waals surface area contributed by atoms with Crippen molar-refractivity contribution in [2.45, 2.75) is 6.61 Å². The summed E-state index contributed by atoms with van der Waals surface area (Å²) in [6, 6.07) is 32.7. The Morgan fingerprint density at radius 1 is 0.771 bits per heavy atom. The predicted octanol–water partition coefficient (Wildman–Crippen LogP) is 4.42. The predicted molar refractivity (Wildman–Crippen MR) is 135 cm³/mol. The molecule has 0 fully saturated rings. The zero-order chi connectivity index (χ0) is 24.5. The average molecular weight is 487 g/mol. The monoisotopic (exact) mass is 487 g/mol. The smallest absolute Gasteiger partial charge is 0.407 e. The molecular weight excluding hydrogens is 464 g/mol. The molecule has 4 aromatic rings. The molecule has 0 bridgehead atoms. The molecule has 1 amide bonds. The molecule has 0 atom stereocenters. The maximum absolute atomic E-state index is 14.4. The van der Waals surface area contributed by atoms with Crippen LogP contribution < -0.4 is 26.0 Å². The lowest BCUT2D eigenvalue weighted by molar-refractivity contribution is -0.133. The lowest BCUT2D eigenvalue weighted by atomic mass is 10.2. The number of alkyl carbamates (subject to hydrolysis) is 1. The summed E-state index contributed by atoms with van der Waals surface area (Å²) >= 11 is 0. The van der Waals surface area contributed by atoms with Crippen molar-refractivity contribution in [2.24, 2.45) is 0 Å². The third-order valence-corrected chi connectivity index (χ3v) is 7.46. The second-order valence-corrected chi connectivity index (χ2v) is 9.69. The molecule has 4 aromatic carbocycles. The summed E-state index contributed by atoms with van der Waals surface area (Å²) < 4.78 is 25.0. The van der Waals surface area contributed by atoms with Gasteiger partial charge in [-0.3, -0.25) is 0 Å². The number of hydrogen-bond donors (Lipinski definition) is 1. The third kappa shape index (κ3) is 6.75. The summed E-state index contributed by atoms with van der Waals surface area (Å²) in [5.41, 5.74) is 0.830. The Morgan fingerprint density at radius 2 is 1.34 bits per heavy atom. The lowest BCUT2D eigenvalue weighted by Gasteiger charge is -2.22. The van der Waals surface area contributed by atoms with Gasteiger partial charge in [0.1, 0.15) is 24.7 Å². The highest BCUT2D eigenvalue weighted by Crippen LogP contribution is 2.36. The van der Waals surface area contributed by atoms with Crippen LogP contribution in [0.3, 0.4) is 0 Å². The first-order chi connectivity index (χ1) is 17.1. The second-order valence-electron chi connectivity index (χ2n) is 7.51. The summed E-state index contributed by atoms with van der Waals surface area (Å²) in [5, 5.41) is 4.93. The summed E-state index contributed by atoms with van der Waals surface area (Å²) in [5.74, 6) is -0.873. The van der Waals surface area contributed by atoms with Crippen LogP contribution in [0.1, 0.15) is 5.56 Å². The van der Waals surface area contributed by atoms with Gasteiger partial charge in [-0.2, -0.15) is 0 Å². The van der Waals surface area contributed by atoms with Gasteiger partial charge in [-0.1, -0.05) is 91.0 Å². The highest BCUT2D eigenvalue weighted by Gasteiger charge is 2.22. The Balaban J connectivity index is 1.48. The largest absolute Gasteiger partial charge is 0.445 e. The van der Waals surface area contributed by atoms with Crippen molar-refractivity contribution in [2.75, 3.05) is 6.54 Å². The standard InChI is InChI=1S/C28H23FNO4P/c29-22-16-17-25(34-27(31)19-30-28(32)33-20-21-10-4-1-5-11-21)26(18-22)35(23-12-6-2-7-13-23)24-14-8-3-9-15-24/h1-18H,19-20H2,(H,30,32). The molecule has 0 unspecified atom stereocenters. The van der Waals surface area contributed by atoms with Crippen molar-refractivity contribution in [3.8, 4) is 5.75 Å². The van der Waals surface area contributed by atoms with Gasteiger partial charge in [-0.15, -0.1) is 0 Å². The molecule has 176 valence electrons. The molecule has 0 aliphatic rings. The molecule has 4 rings (SSSR count). The Morgan fingerprint density at radius 3 is 1.94 bits per heavy atom. The van der Waals surface area contributed by atoms with E-state index in [1.165, 1.54) is 18.2 Å². The minimum Gasteiger partial charge on any atom is -0.445 e. The van der Waals surface area contributed by atoms with Gasteiger partial charge in [-0.05, 0) is 42.3 Å². The third-order valence-electron chi connectivity index (χ3n) is 5.00. The number of benzene rings is 4. The fourth-order valence-electron chi connectivity index (χ4n) is 3.41. The minimum atomic E-state index is -1.20. The Kier molecular flexibility index (Phi) is 8.21. The molecule has 0 aliphatic carbocycles. The van der Waals surface area contributed by atoms with E-state index in [2.05, 4.69) is 5.32 Å². The van der Waals surface area contributed by atoms with E-state index in [4.69, 9.17) is 9.47 Å². The molecular formula is C28H23FNO4P. The SMILES string of the molecule is O=C(CNC(=O)OCc1ccccc1)Oc1ccc(F)cc1P(c1ccccc1)c1ccccc1. The molecule has 0 heterocycles. The van der Waals surface area contributed by atoms with E-state index in [1.54, 1.807) is 0 Å². The van der Waals surface area contributed by atoms with Crippen LogP contribution in [-0.2, 0) is 16.1 Å². The second kappa shape index (κ2) is 11.9. The number of amides is 1. The van der Waals surface area contributed by atoms with E-state index in [1.807, 2.05) is 91.0 Å². The van der Waals surface area contributed by atoms with Crippen molar-refractivity contribution >= 4 is 35.9 Å². The first-order valence-corrected chi connectivity index (χ1v) is 12.3. The van der Waals surface area contributed by atoms with Crippen molar-refractivity contribution in [1.29, 1.82) is 0 Å². The zero-order valence-electron chi connectivity index (χ0n) is 18.8. The molecule has 0 radical (unpaired) electrons. The van der Waals surface area contributed by atoms with E-state index in [-0.39, 0.29) is 18.9 Å². The Bertz CT molecular complexity index is 1230. The van der Waals surface area contributed by atoms with E-state index < -0.39 is 25.8 Å². The summed E-state index contributed by atoms with van der Waals surface area (Å²) in [7, 11) is -1.20. The van der Waals surface area contributed by atoms with Gasteiger partial charge in [-0.25, -0.2) is 14.0 Å². The Labute approximate surface area is 204 Å². The quantitative estimate of drug-likeness (QED) is 0.227. The van der Waals surface area contributed by atoms with Crippen LogP contribution in [0.15, 0.2) is 109 Å². The van der Waals surface area contributed by atoms with Gasteiger partial charge < -0.3 is 14.8 Å². The average Bonchev–Trinajstić information content (AvgIpc) is 2.90. The van der Waals surface area contributed by atoms with E-state index in [9.17, 15) is 14.0 Å². The van der Waals surface area contributed by atoms with Crippen molar-refractivity contribution < 1.29 is 23.5 Å². The van der Waals surface area contributed by atoms with Crippen LogP contribution >= 0.6 is 7.92 Å². The van der Waals surface area contributed by atoms with E-state index in [0.717, 1.165) is 16.2 Å². The highest BCUT2D eigenvalue weighted by molar-refractivity contribution is 7.80. The van der Waals surface area contributed by atoms with Crippen LogP contribution in [0.25, 0.3) is 0 Å². The number of halogens is 1. The lowest BCUT2D eigenvalue weighted by Crippen LogP contribution is -2.33. The molecule has 1 N–H and O–H groups in total. The normalized spacial score (nSPS) is 10.6. The molecule has 7 heteroatoms. The maximum Gasteiger partial charge on any atom is 0.407 e. The molecule has 0 saturated carbocycles. The number of carbonyl (C=O) groups is 2. The molecule has 0 aliphatic heterocycles. The number of esters is 1. The zero-order valence-corrected chi connectivity index (χ0v) is 19.7. The molecule has 35 heavy (non-hydrogen) atoms. The van der Waals surface area contributed by atoms with Crippen LogP contribution in [-0.4, -0.2) is 18.6 Å². The number of ether oxygens (including phenoxy) is 2. The van der Waals surface area contributed by atoms with Crippen LogP contribution in [0.4, 0.5) is 9.18 Å². The maximum atomic E-state index is 14.4. The summed E-state index contributed by atoms with van der Waals surface area (Å²) in [6.45, 7) is -0.304. The molecule has 0 saturated heterocycles.